The minimum atomic E-state index is -1.24. The van der Waals surface area contributed by atoms with Crippen molar-refractivity contribution in [3.8, 4) is 0 Å². The first kappa shape index (κ1) is 23.0. The molecule has 0 atom stereocenters. The van der Waals surface area contributed by atoms with Crippen molar-refractivity contribution in [1.29, 1.82) is 0 Å². The van der Waals surface area contributed by atoms with Gasteiger partial charge in [-0.15, -0.1) is 0 Å². The topological polar surface area (TPSA) is 89.5 Å². The fraction of sp³-hybridized carbons (Fsp3) is 0.846. The second-order valence-electron chi connectivity index (χ2n) is 6.23. The van der Waals surface area contributed by atoms with Crippen LogP contribution in [0.1, 0.15) is 48.5 Å². The average molecular weight is 344 g/mol. The minimum Gasteiger partial charge on any atom is -0.510 e. The highest BCUT2D eigenvalue weighted by Crippen LogP contribution is 2.15. The van der Waals surface area contributed by atoms with E-state index in [0.717, 1.165) is 0 Å². The van der Waals surface area contributed by atoms with E-state index in [-0.39, 0.29) is 29.2 Å². The molecule has 0 aromatic heterocycles. The SMILES string of the molecule is CCOBOC(=O)C(C)(C)OBOC(C)(C)C(=O)OBOC(C)C. The minimum absolute atomic E-state index is 0.0475. The van der Waals surface area contributed by atoms with E-state index in [1.807, 2.05) is 13.8 Å². The smallest absolute Gasteiger partial charge is 0.509 e. The van der Waals surface area contributed by atoms with Crippen LogP contribution < -0.4 is 0 Å². The summed E-state index contributed by atoms with van der Waals surface area (Å²) >= 11 is 0. The van der Waals surface area contributed by atoms with Crippen LogP contribution in [0.2, 0.25) is 0 Å². The average Bonchev–Trinajstić information content (AvgIpc) is 2.46. The first-order chi connectivity index (χ1) is 11.0. The Morgan fingerprint density at radius 1 is 0.875 bits per heavy atom. The Balaban J connectivity index is 4.25. The predicted molar refractivity (Wildman–Crippen MR) is 91.8 cm³/mol. The number of rotatable bonds is 12. The Labute approximate surface area is 145 Å². The number of carbonyl (C=O) groups excluding carboxylic acids is 2. The maximum atomic E-state index is 11.9. The van der Waals surface area contributed by atoms with Crippen molar-refractivity contribution in [1.82, 2.24) is 0 Å². The Kier molecular flexibility index (Phi) is 10.3. The molecule has 0 spiro atoms. The summed E-state index contributed by atoms with van der Waals surface area (Å²) in [6.07, 6.45) is -0.0475. The monoisotopic (exact) mass is 344 g/mol. The van der Waals surface area contributed by atoms with Gasteiger partial charge in [0.1, 0.15) is 11.2 Å². The van der Waals surface area contributed by atoms with Gasteiger partial charge in [-0.2, -0.15) is 0 Å². The summed E-state index contributed by atoms with van der Waals surface area (Å²) in [4.78, 5) is 23.8. The highest BCUT2D eigenvalue weighted by Gasteiger charge is 2.35. The zero-order valence-corrected chi connectivity index (χ0v) is 15.7. The molecular formula is C13H27B3O8. The number of carbonyl (C=O) groups is 2. The summed E-state index contributed by atoms with van der Waals surface area (Å²) < 4.78 is 30.7. The van der Waals surface area contributed by atoms with Gasteiger partial charge in [0.25, 0.3) is 0 Å². The molecule has 0 amide bonds. The van der Waals surface area contributed by atoms with Gasteiger partial charge in [-0.05, 0) is 48.5 Å². The van der Waals surface area contributed by atoms with Crippen LogP contribution in [0.3, 0.4) is 0 Å². The summed E-state index contributed by atoms with van der Waals surface area (Å²) in [6, 6.07) is 0. The van der Waals surface area contributed by atoms with Gasteiger partial charge >= 0.3 is 35.0 Å². The van der Waals surface area contributed by atoms with E-state index in [1.54, 1.807) is 6.92 Å². The molecule has 11 heteroatoms. The van der Waals surface area contributed by atoms with Crippen molar-refractivity contribution in [2.75, 3.05) is 6.61 Å². The van der Waals surface area contributed by atoms with Gasteiger partial charge in [0.05, 0.1) is 0 Å². The van der Waals surface area contributed by atoms with Crippen molar-refractivity contribution in [3.63, 3.8) is 0 Å². The normalized spacial score (nSPS) is 11.8. The number of hydrogen-bond acceptors (Lipinski definition) is 8. The lowest BCUT2D eigenvalue weighted by Gasteiger charge is -2.27. The molecule has 0 aliphatic carbocycles. The van der Waals surface area contributed by atoms with Gasteiger partial charge in [-0.1, -0.05) is 0 Å². The standard InChI is InChI=1S/C13H27B3O8/c1-8-19-14-21-10(17)12(4,5)23-16-24-13(6,7)11(18)22-15-20-9(2)3/h9,14-16H,8H2,1-7H3. The van der Waals surface area contributed by atoms with E-state index in [0.29, 0.717) is 6.61 Å². The van der Waals surface area contributed by atoms with Crippen LogP contribution >= 0.6 is 0 Å². The molecule has 0 aliphatic rings. The van der Waals surface area contributed by atoms with E-state index in [2.05, 4.69) is 0 Å². The van der Waals surface area contributed by atoms with E-state index >= 15 is 0 Å². The zero-order valence-electron chi connectivity index (χ0n) is 15.7. The van der Waals surface area contributed by atoms with Crippen LogP contribution in [0.15, 0.2) is 0 Å². The van der Waals surface area contributed by atoms with Crippen molar-refractivity contribution >= 4 is 35.0 Å². The fourth-order valence-corrected chi connectivity index (χ4v) is 1.19. The van der Waals surface area contributed by atoms with Crippen LogP contribution in [0.4, 0.5) is 0 Å². The second kappa shape index (κ2) is 10.8. The Morgan fingerprint density at radius 2 is 1.33 bits per heavy atom. The van der Waals surface area contributed by atoms with Crippen LogP contribution in [0, 0.1) is 0 Å². The third-order valence-electron chi connectivity index (χ3n) is 2.89. The lowest BCUT2D eigenvalue weighted by atomic mass is 10.1. The van der Waals surface area contributed by atoms with E-state index in [9.17, 15) is 9.59 Å². The van der Waals surface area contributed by atoms with E-state index < -0.39 is 23.1 Å². The second-order valence-corrected chi connectivity index (χ2v) is 6.23. The molecule has 8 nitrogen and oxygen atoms in total. The molecule has 0 saturated heterocycles. The van der Waals surface area contributed by atoms with Crippen LogP contribution in [0.25, 0.3) is 0 Å². The fourth-order valence-electron chi connectivity index (χ4n) is 1.19. The predicted octanol–water partition coefficient (Wildman–Crippen LogP) is -0.0758. The Bertz CT molecular complexity index is 401. The molecule has 0 aliphatic heterocycles. The highest BCUT2D eigenvalue weighted by molar-refractivity contribution is 6.25. The van der Waals surface area contributed by atoms with Crippen molar-refractivity contribution in [2.24, 2.45) is 0 Å². The summed E-state index contributed by atoms with van der Waals surface area (Å²) in [5, 5.41) is 0. The molecule has 0 bridgehead atoms. The van der Waals surface area contributed by atoms with Crippen LogP contribution in [-0.2, 0) is 37.5 Å². The molecule has 0 fully saturated rings. The summed E-state index contributed by atoms with van der Waals surface area (Å²) in [7, 11) is -0.583. The molecular weight excluding hydrogens is 317 g/mol. The van der Waals surface area contributed by atoms with Gasteiger partial charge in [0.2, 0.25) is 0 Å². The van der Waals surface area contributed by atoms with Crippen LogP contribution in [0.5, 0.6) is 0 Å². The van der Waals surface area contributed by atoms with Crippen molar-refractivity contribution < 1.29 is 37.5 Å². The largest absolute Gasteiger partial charge is 0.510 e. The molecule has 0 heterocycles. The molecule has 0 unspecified atom stereocenters. The Morgan fingerprint density at radius 3 is 1.75 bits per heavy atom. The molecule has 0 N–H and O–H groups in total. The summed E-state index contributed by atoms with van der Waals surface area (Å²) in [5.41, 5.74) is -2.48. The highest BCUT2D eigenvalue weighted by atomic mass is 16.7. The molecule has 0 rings (SSSR count). The van der Waals surface area contributed by atoms with Crippen LogP contribution in [-0.4, -0.2) is 58.9 Å². The van der Waals surface area contributed by atoms with Gasteiger partial charge in [-0.25, -0.2) is 0 Å². The molecule has 24 heavy (non-hydrogen) atoms. The van der Waals surface area contributed by atoms with Crippen molar-refractivity contribution in [3.05, 3.63) is 0 Å². The summed E-state index contributed by atoms with van der Waals surface area (Å²) in [5.74, 6) is -1.19. The van der Waals surface area contributed by atoms with Gasteiger partial charge in [0.15, 0.2) is 0 Å². The Hall–Kier alpha value is -1.03. The first-order valence-electron chi connectivity index (χ1n) is 7.84. The lowest BCUT2D eigenvalue weighted by Crippen LogP contribution is -2.44. The number of hydrogen-bond donors (Lipinski definition) is 0. The quantitative estimate of drug-likeness (QED) is 0.359. The van der Waals surface area contributed by atoms with Crippen molar-refractivity contribution in [2.45, 2.75) is 65.8 Å². The van der Waals surface area contributed by atoms with Gasteiger partial charge in [0, 0.05) is 12.7 Å². The molecule has 0 saturated carbocycles. The molecule has 136 valence electrons. The first-order valence-corrected chi connectivity index (χ1v) is 7.84. The van der Waals surface area contributed by atoms with E-state index in [4.69, 9.17) is 27.9 Å². The zero-order chi connectivity index (χ0) is 18.8. The molecule has 0 aromatic rings. The third-order valence-corrected chi connectivity index (χ3v) is 2.89. The van der Waals surface area contributed by atoms with E-state index in [1.165, 1.54) is 27.7 Å². The van der Waals surface area contributed by atoms with Gasteiger partial charge < -0.3 is 27.9 Å². The molecule has 0 radical (unpaired) electrons. The van der Waals surface area contributed by atoms with Gasteiger partial charge in [-0.3, -0.25) is 9.59 Å². The maximum Gasteiger partial charge on any atom is 0.509 e. The lowest BCUT2D eigenvalue weighted by molar-refractivity contribution is -0.155. The molecule has 0 aromatic carbocycles. The third kappa shape index (κ3) is 9.31. The maximum absolute atomic E-state index is 11.9. The summed E-state index contributed by atoms with van der Waals surface area (Å²) in [6.45, 7) is 12.0.